The van der Waals surface area contributed by atoms with E-state index >= 15 is 0 Å². The quantitative estimate of drug-likeness (QED) is 0.776. The second-order valence-electron chi connectivity index (χ2n) is 3.17. The van der Waals surface area contributed by atoms with Crippen molar-refractivity contribution in [2.24, 2.45) is 0 Å². The van der Waals surface area contributed by atoms with Gasteiger partial charge in [0.05, 0.1) is 6.20 Å². The molecular formula is C8H14BrN3O2S. The first kappa shape index (κ1) is 12.7. The lowest BCUT2D eigenvalue weighted by molar-refractivity contribution is 0.578. The Hall–Kier alpha value is -0.400. The smallest absolute Gasteiger partial charge is 0.243 e. The van der Waals surface area contributed by atoms with Crippen molar-refractivity contribution in [1.82, 2.24) is 14.9 Å². The van der Waals surface area contributed by atoms with E-state index in [1.54, 1.807) is 0 Å². The number of sulfonamides is 1. The molecule has 0 saturated heterocycles. The number of halogens is 1. The normalized spacial score (nSPS) is 14.0. The summed E-state index contributed by atoms with van der Waals surface area (Å²) < 4.78 is 25.7. The molecule has 0 bridgehead atoms. The zero-order valence-electron chi connectivity index (χ0n) is 8.40. The molecule has 1 atom stereocenters. The third-order valence-corrected chi connectivity index (χ3v) is 4.05. The maximum Gasteiger partial charge on any atom is 0.243 e. The second-order valence-corrected chi connectivity index (χ2v) is 6.23. The summed E-state index contributed by atoms with van der Waals surface area (Å²) in [6.07, 6.45) is 4.59. The highest BCUT2D eigenvalue weighted by molar-refractivity contribution is 9.09. The molecule has 86 valence electrons. The third kappa shape index (κ3) is 3.92. The van der Waals surface area contributed by atoms with Gasteiger partial charge in [0.25, 0.3) is 0 Å². The minimum atomic E-state index is -3.40. The van der Waals surface area contributed by atoms with Gasteiger partial charge in [-0.25, -0.2) is 13.1 Å². The van der Waals surface area contributed by atoms with E-state index in [2.05, 4.69) is 37.8 Å². The average molecular weight is 296 g/mol. The van der Waals surface area contributed by atoms with E-state index in [0.717, 1.165) is 12.8 Å². The molecule has 7 heteroatoms. The highest BCUT2D eigenvalue weighted by atomic mass is 79.9. The van der Waals surface area contributed by atoms with Crippen molar-refractivity contribution >= 4 is 26.0 Å². The lowest BCUT2D eigenvalue weighted by atomic mass is 10.2. The molecule has 1 unspecified atom stereocenters. The molecule has 0 amide bonds. The minimum absolute atomic E-state index is 0.165. The Morgan fingerprint density at radius 1 is 1.67 bits per heavy atom. The Kier molecular flexibility index (Phi) is 4.75. The highest BCUT2D eigenvalue weighted by Crippen LogP contribution is 2.09. The van der Waals surface area contributed by atoms with Gasteiger partial charge >= 0.3 is 0 Å². The molecule has 1 aromatic heterocycles. The van der Waals surface area contributed by atoms with Gasteiger partial charge in [-0.3, -0.25) is 5.10 Å². The molecular weight excluding hydrogens is 282 g/mol. The third-order valence-electron chi connectivity index (χ3n) is 1.88. The Morgan fingerprint density at radius 3 is 2.93 bits per heavy atom. The summed E-state index contributed by atoms with van der Waals surface area (Å²) in [6, 6.07) is 0. The van der Waals surface area contributed by atoms with Crippen LogP contribution in [-0.2, 0) is 10.0 Å². The lowest BCUT2D eigenvalue weighted by Gasteiger charge is -2.09. The van der Waals surface area contributed by atoms with Gasteiger partial charge in [0.1, 0.15) is 4.90 Å². The number of aromatic nitrogens is 2. The molecule has 15 heavy (non-hydrogen) atoms. The van der Waals surface area contributed by atoms with Crippen molar-refractivity contribution in [3.63, 3.8) is 0 Å². The highest BCUT2D eigenvalue weighted by Gasteiger charge is 2.16. The van der Waals surface area contributed by atoms with Gasteiger partial charge in [-0.15, -0.1) is 0 Å². The topological polar surface area (TPSA) is 74.8 Å². The number of nitrogens with zero attached hydrogens (tertiary/aromatic N) is 1. The molecule has 2 N–H and O–H groups in total. The van der Waals surface area contributed by atoms with Gasteiger partial charge in [-0.1, -0.05) is 29.3 Å². The molecule has 0 aromatic carbocycles. The van der Waals surface area contributed by atoms with Gasteiger partial charge in [0.2, 0.25) is 10.0 Å². The van der Waals surface area contributed by atoms with Crippen LogP contribution in [0, 0.1) is 0 Å². The molecule has 1 heterocycles. The van der Waals surface area contributed by atoms with Crippen LogP contribution in [0.1, 0.15) is 19.8 Å². The van der Waals surface area contributed by atoms with Crippen LogP contribution in [0.3, 0.4) is 0 Å². The molecule has 0 aliphatic heterocycles. The molecule has 0 fully saturated rings. The summed E-state index contributed by atoms with van der Waals surface area (Å²) in [6.45, 7) is 2.44. The molecule has 1 aromatic rings. The number of rotatable bonds is 6. The molecule has 0 spiro atoms. The fourth-order valence-electron chi connectivity index (χ4n) is 1.08. The van der Waals surface area contributed by atoms with Gasteiger partial charge in [-0.2, -0.15) is 5.10 Å². The first-order chi connectivity index (χ1) is 7.06. The van der Waals surface area contributed by atoms with Crippen LogP contribution < -0.4 is 4.72 Å². The zero-order valence-corrected chi connectivity index (χ0v) is 10.8. The average Bonchev–Trinajstić information content (AvgIpc) is 2.69. The van der Waals surface area contributed by atoms with Crippen LogP contribution in [0.25, 0.3) is 0 Å². The summed E-state index contributed by atoms with van der Waals surface area (Å²) in [5, 5.41) is 6.06. The molecule has 1 rings (SSSR count). The van der Waals surface area contributed by atoms with Crippen molar-refractivity contribution in [3.8, 4) is 0 Å². The van der Waals surface area contributed by atoms with Gasteiger partial charge in [0.15, 0.2) is 0 Å². The first-order valence-corrected chi connectivity index (χ1v) is 7.08. The van der Waals surface area contributed by atoms with Crippen molar-refractivity contribution in [3.05, 3.63) is 12.4 Å². The Bertz CT molecular complexity index is 377. The van der Waals surface area contributed by atoms with Crippen LogP contribution >= 0.6 is 15.9 Å². The van der Waals surface area contributed by atoms with E-state index in [0.29, 0.717) is 6.54 Å². The van der Waals surface area contributed by atoms with E-state index in [9.17, 15) is 8.42 Å². The van der Waals surface area contributed by atoms with E-state index < -0.39 is 10.0 Å². The Balaban J connectivity index is 2.52. The van der Waals surface area contributed by atoms with Gasteiger partial charge in [-0.05, 0) is 6.42 Å². The fourth-order valence-corrected chi connectivity index (χ4v) is 2.91. The zero-order chi connectivity index (χ0) is 11.3. The largest absolute Gasteiger partial charge is 0.284 e. The number of hydrogen-bond donors (Lipinski definition) is 2. The molecule has 5 nitrogen and oxygen atoms in total. The van der Waals surface area contributed by atoms with Crippen LogP contribution in [0.4, 0.5) is 0 Å². The molecule has 0 saturated carbocycles. The number of nitrogens with one attached hydrogen (secondary N) is 2. The second kappa shape index (κ2) is 5.62. The molecule has 0 aliphatic rings. The first-order valence-electron chi connectivity index (χ1n) is 4.68. The molecule has 0 aliphatic carbocycles. The van der Waals surface area contributed by atoms with Crippen molar-refractivity contribution < 1.29 is 8.42 Å². The molecule has 0 radical (unpaired) electrons. The van der Waals surface area contributed by atoms with E-state index in [-0.39, 0.29) is 9.72 Å². The van der Waals surface area contributed by atoms with Crippen molar-refractivity contribution in [1.29, 1.82) is 0 Å². The predicted molar refractivity (Wildman–Crippen MR) is 61.4 cm³/mol. The van der Waals surface area contributed by atoms with Gasteiger partial charge < -0.3 is 0 Å². The summed E-state index contributed by atoms with van der Waals surface area (Å²) in [7, 11) is -3.40. The van der Waals surface area contributed by atoms with E-state index in [4.69, 9.17) is 0 Å². The summed E-state index contributed by atoms with van der Waals surface area (Å²) in [4.78, 5) is 0.336. The maximum atomic E-state index is 11.6. The van der Waals surface area contributed by atoms with Crippen LogP contribution in [-0.4, -0.2) is 30.0 Å². The summed E-state index contributed by atoms with van der Waals surface area (Å²) >= 11 is 3.40. The Labute approximate surface area is 97.8 Å². The predicted octanol–water partition coefficient (Wildman–Crippen LogP) is 1.25. The number of H-pyrrole nitrogens is 1. The number of hydrogen-bond acceptors (Lipinski definition) is 3. The van der Waals surface area contributed by atoms with E-state index in [1.165, 1.54) is 12.4 Å². The Morgan fingerprint density at radius 2 is 2.40 bits per heavy atom. The fraction of sp³-hybridized carbons (Fsp3) is 0.625. The monoisotopic (exact) mass is 295 g/mol. The lowest BCUT2D eigenvalue weighted by Crippen LogP contribution is -2.29. The SMILES string of the molecule is CCCC(Br)CNS(=O)(=O)c1cn[nH]c1. The van der Waals surface area contributed by atoms with Crippen molar-refractivity contribution in [2.75, 3.05) is 6.54 Å². The van der Waals surface area contributed by atoms with Crippen LogP contribution in [0.5, 0.6) is 0 Å². The van der Waals surface area contributed by atoms with Gasteiger partial charge in [0, 0.05) is 17.6 Å². The summed E-state index contributed by atoms with van der Waals surface area (Å²) in [5.74, 6) is 0. The van der Waals surface area contributed by atoms with Crippen LogP contribution in [0.2, 0.25) is 0 Å². The van der Waals surface area contributed by atoms with Crippen molar-refractivity contribution in [2.45, 2.75) is 29.5 Å². The van der Waals surface area contributed by atoms with E-state index in [1.807, 2.05) is 0 Å². The summed E-state index contributed by atoms with van der Waals surface area (Å²) in [5.41, 5.74) is 0. The minimum Gasteiger partial charge on any atom is -0.284 e. The number of aromatic amines is 1. The van der Waals surface area contributed by atoms with Crippen LogP contribution in [0.15, 0.2) is 17.3 Å². The standard InChI is InChI=1S/C8H14BrN3O2S/c1-2-3-7(9)4-12-15(13,14)8-5-10-11-6-8/h5-7,12H,2-4H2,1H3,(H,10,11). The maximum absolute atomic E-state index is 11.6. The number of alkyl halides is 1.